The Morgan fingerprint density at radius 1 is 1.36 bits per heavy atom. The van der Waals surface area contributed by atoms with Crippen LogP contribution in [-0.4, -0.2) is 67.8 Å². The standard InChI is InChI=1S/C12H18N6O4/c13-1-2-21-9-8(20)6(3-19)22-12(9)18-5-17-7-10(14)15-4-16-11(7)18/h4-6,8-9,12,19-20H,1-3,13H2,(H2,14,15,16)/t6-,8-,9-,12-/m1/s1. The van der Waals surface area contributed by atoms with E-state index >= 15 is 0 Å². The van der Waals surface area contributed by atoms with Crippen LogP contribution in [0.5, 0.6) is 0 Å². The van der Waals surface area contributed by atoms with Crippen molar-refractivity contribution >= 4 is 17.0 Å². The number of imidazole rings is 1. The summed E-state index contributed by atoms with van der Waals surface area (Å²) in [5.41, 5.74) is 12.1. The molecule has 10 heteroatoms. The van der Waals surface area contributed by atoms with E-state index in [1.807, 2.05) is 0 Å². The molecule has 0 radical (unpaired) electrons. The molecule has 1 fully saturated rings. The highest BCUT2D eigenvalue weighted by Gasteiger charge is 2.45. The number of fused-ring (bicyclic) bond motifs is 1. The van der Waals surface area contributed by atoms with Gasteiger partial charge in [-0.1, -0.05) is 0 Å². The Balaban J connectivity index is 1.97. The number of nitrogens with two attached hydrogens (primary N) is 2. The van der Waals surface area contributed by atoms with Gasteiger partial charge in [0, 0.05) is 6.54 Å². The number of anilines is 1. The smallest absolute Gasteiger partial charge is 0.167 e. The zero-order valence-electron chi connectivity index (χ0n) is 11.7. The van der Waals surface area contributed by atoms with Gasteiger partial charge in [0.15, 0.2) is 17.7 Å². The number of nitrogens with zero attached hydrogens (tertiary/aromatic N) is 4. The second-order valence-electron chi connectivity index (χ2n) is 4.95. The summed E-state index contributed by atoms with van der Waals surface area (Å²) < 4.78 is 12.9. The molecule has 3 heterocycles. The normalized spacial score (nSPS) is 28.5. The van der Waals surface area contributed by atoms with Gasteiger partial charge >= 0.3 is 0 Å². The van der Waals surface area contributed by atoms with Crippen LogP contribution in [0.4, 0.5) is 5.82 Å². The molecule has 22 heavy (non-hydrogen) atoms. The summed E-state index contributed by atoms with van der Waals surface area (Å²) >= 11 is 0. The maximum atomic E-state index is 10.2. The van der Waals surface area contributed by atoms with Crippen molar-refractivity contribution in [3.05, 3.63) is 12.7 Å². The molecule has 0 bridgehead atoms. The van der Waals surface area contributed by atoms with Crippen molar-refractivity contribution in [1.29, 1.82) is 0 Å². The number of nitrogen functional groups attached to an aromatic ring is 1. The average molecular weight is 310 g/mol. The first-order chi connectivity index (χ1) is 10.7. The van der Waals surface area contributed by atoms with Crippen molar-refractivity contribution in [2.45, 2.75) is 24.5 Å². The summed E-state index contributed by atoms with van der Waals surface area (Å²) in [6.45, 7) is 0.229. The van der Waals surface area contributed by atoms with Crippen molar-refractivity contribution in [3.63, 3.8) is 0 Å². The fourth-order valence-electron chi connectivity index (χ4n) is 2.53. The van der Waals surface area contributed by atoms with Crippen molar-refractivity contribution in [2.24, 2.45) is 5.73 Å². The number of aromatic nitrogens is 4. The highest BCUT2D eigenvalue weighted by Crippen LogP contribution is 2.33. The summed E-state index contributed by atoms with van der Waals surface area (Å²) in [5, 5.41) is 19.5. The van der Waals surface area contributed by atoms with Crippen molar-refractivity contribution < 1.29 is 19.7 Å². The lowest BCUT2D eigenvalue weighted by Crippen LogP contribution is -2.36. The zero-order chi connectivity index (χ0) is 15.7. The lowest BCUT2D eigenvalue weighted by atomic mass is 10.1. The van der Waals surface area contributed by atoms with E-state index < -0.39 is 24.5 Å². The Labute approximate surface area is 125 Å². The zero-order valence-corrected chi connectivity index (χ0v) is 11.7. The quantitative estimate of drug-likeness (QED) is 0.491. The molecule has 0 saturated carbocycles. The van der Waals surface area contributed by atoms with Gasteiger partial charge in [-0.2, -0.15) is 0 Å². The highest BCUT2D eigenvalue weighted by atomic mass is 16.6. The summed E-state index contributed by atoms with van der Waals surface area (Å²) in [4.78, 5) is 12.2. The number of aliphatic hydroxyl groups excluding tert-OH is 2. The highest BCUT2D eigenvalue weighted by molar-refractivity contribution is 5.81. The van der Waals surface area contributed by atoms with Crippen LogP contribution in [0.3, 0.4) is 0 Å². The molecule has 0 unspecified atom stereocenters. The third-order valence-electron chi connectivity index (χ3n) is 3.58. The molecule has 6 N–H and O–H groups in total. The number of hydrogen-bond donors (Lipinski definition) is 4. The fraction of sp³-hybridized carbons (Fsp3) is 0.583. The van der Waals surface area contributed by atoms with E-state index in [4.69, 9.17) is 20.9 Å². The van der Waals surface area contributed by atoms with E-state index in [1.165, 1.54) is 12.7 Å². The van der Waals surface area contributed by atoms with Crippen LogP contribution in [0.25, 0.3) is 11.2 Å². The average Bonchev–Trinajstić information content (AvgIpc) is 3.07. The van der Waals surface area contributed by atoms with Gasteiger partial charge in [0.25, 0.3) is 0 Å². The Morgan fingerprint density at radius 3 is 2.91 bits per heavy atom. The Morgan fingerprint density at radius 2 is 2.18 bits per heavy atom. The molecule has 0 spiro atoms. The molecule has 10 nitrogen and oxygen atoms in total. The molecule has 1 aliphatic rings. The third kappa shape index (κ3) is 2.40. The number of hydrogen-bond acceptors (Lipinski definition) is 9. The van der Waals surface area contributed by atoms with Crippen LogP contribution in [0, 0.1) is 0 Å². The topological polar surface area (TPSA) is 155 Å². The maximum Gasteiger partial charge on any atom is 0.167 e. The Hall–Kier alpha value is -1.85. The molecule has 120 valence electrons. The summed E-state index contributed by atoms with van der Waals surface area (Å²) in [7, 11) is 0. The predicted octanol–water partition coefficient (Wildman–Crippen LogP) is -2.00. The van der Waals surface area contributed by atoms with E-state index in [1.54, 1.807) is 4.57 Å². The molecular weight excluding hydrogens is 292 g/mol. The first-order valence-corrected chi connectivity index (χ1v) is 6.86. The second kappa shape index (κ2) is 6.10. The van der Waals surface area contributed by atoms with Gasteiger partial charge in [0.05, 0.1) is 19.5 Å². The van der Waals surface area contributed by atoms with Gasteiger partial charge in [-0.3, -0.25) is 4.57 Å². The number of ether oxygens (including phenoxy) is 2. The first kappa shape index (κ1) is 15.1. The SMILES string of the molecule is NCCO[C@@H]1[C@H](O)[C@@H](CO)O[C@H]1n1cnc2c(N)ncnc21. The van der Waals surface area contributed by atoms with Crippen molar-refractivity contribution in [3.8, 4) is 0 Å². The predicted molar refractivity (Wildman–Crippen MR) is 75.5 cm³/mol. The van der Waals surface area contributed by atoms with Gasteiger partial charge in [-0.15, -0.1) is 0 Å². The minimum atomic E-state index is -0.988. The van der Waals surface area contributed by atoms with Crippen LogP contribution < -0.4 is 11.5 Å². The molecule has 0 amide bonds. The van der Waals surface area contributed by atoms with Gasteiger partial charge in [0.1, 0.15) is 30.2 Å². The van der Waals surface area contributed by atoms with Crippen LogP contribution in [0.2, 0.25) is 0 Å². The van der Waals surface area contributed by atoms with E-state index in [9.17, 15) is 10.2 Å². The third-order valence-corrected chi connectivity index (χ3v) is 3.58. The van der Waals surface area contributed by atoms with Crippen LogP contribution >= 0.6 is 0 Å². The van der Waals surface area contributed by atoms with E-state index in [0.717, 1.165) is 0 Å². The summed E-state index contributed by atoms with van der Waals surface area (Å²) in [5.74, 6) is 0.250. The van der Waals surface area contributed by atoms with Gasteiger partial charge in [-0.25, -0.2) is 15.0 Å². The molecule has 4 atom stereocenters. The summed E-state index contributed by atoms with van der Waals surface area (Å²) in [6, 6.07) is 0. The number of rotatable bonds is 5. The number of aliphatic hydroxyl groups is 2. The van der Waals surface area contributed by atoms with E-state index in [2.05, 4.69) is 15.0 Å². The van der Waals surface area contributed by atoms with Crippen LogP contribution in [0.15, 0.2) is 12.7 Å². The van der Waals surface area contributed by atoms with E-state index in [0.29, 0.717) is 17.7 Å². The van der Waals surface area contributed by atoms with Gasteiger partial charge in [0.2, 0.25) is 0 Å². The molecule has 1 saturated heterocycles. The van der Waals surface area contributed by atoms with E-state index in [-0.39, 0.29) is 19.0 Å². The Bertz CT molecular complexity index is 650. The lowest BCUT2D eigenvalue weighted by Gasteiger charge is -2.21. The molecule has 2 aromatic heterocycles. The fourth-order valence-corrected chi connectivity index (χ4v) is 2.53. The molecule has 3 rings (SSSR count). The van der Waals surface area contributed by atoms with Crippen molar-refractivity contribution in [2.75, 3.05) is 25.5 Å². The maximum absolute atomic E-state index is 10.2. The van der Waals surface area contributed by atoms with Crippen LogP contribution in [-0.2, 0) is 9.47 Å². The largest absolute Gasteiger partial charge is 0.394 e. The lowest BCUT2D eigenvalue weighted by molar-refractivity contribution is -0.0687. The minimum Gasteiger partial charge on any atom is -0.394 e. The van der Waals surface area contributed by atoms with Gasteiger partial charge in [-0.05, 0) is 0 Å². The first-order valence-electron chi connectivity index (χ1n) is 6.86. The monoisotopic (exact) mass is 310 g/mol. The summed E-state index contributed by atoms with van der Waals surface area (Å²) in [6.07, 6.45) is -0.332. The van der Waals surface area contributed by atoms with Crippen molar-refractivity contribution in [1.82, 2.24) is 19.5 Å². The Kier molecular flexibility index (Phi) is 4.18. The molecule has 0 aromatic carbocycles. The minimum absolute atomic E-state index is 0.250. The van der Waals surface area contributed by atoms with Gasteiger partial charge < -0.3 is 31.2 Å². The molecule has 0 aliphatic carbocycles. The molecule has 2 aromatic rings. The van der Waals surface area contributed by atoms with Crippen LogP contribution in [0.1, 0.15) is 6.23 Å². The molecular formula is C12H18N6O4. The second-order valence-corrected chi connectivity index (χ2v) is 4.95. The molecule has 1 aliphatic heterocycles.